The molecule has 2 N–H and O–H groups in total. The van der Waals surface area contributed by atoms with Crippen molar-refractivity contribution in [3.63, 3.8) is 0 Å². The highest BCUT2D eigenvalue weighted by atomic mass is 32.2. The summed E-state index contributed by atoms with van der Waals surface area (Å²) in [5, 5.41) is 0. The Morgan fingerprint density at radius 3 is 1.79 bits per heavy atom. The van der Waals surface area contributed by atoms with Crippen molar-refractivity contribution in [2.45, 2.75) is 90.5 Å². The molecule has 3 heteroatoms. The van der Waals surface area contributed by atoms with Crippen molar-refractivity contribution in [3.8, 4) is 0 Å². The Morgan fingerprint density at radius 2 is 1.32 bits per heavy atom. The topological polar surface area (TPSA) is 43.1 Å². The van der Waals surface area contributed by atoms with Gasteiger partial charge in [-0.15, -0.1) is 0 Å². The summed E-state index contributed by atoms with van der Waals surface area (Å²) in [7, 11) is -0.633. The van der Waals surface area contributed by atoms with E-state index in [0.29, 0.717) is 0 Å². The number of unbranched alkanes of at least 4 members (excludes halogenated alkanes) is 9. The van der Waals surface area contributed by atoms with Crippen LogP contribution >= 0.6 is 0 Å². The van der Waals surface area contributed by atoms with Gasteiger partial charge in [0.1, 0.15) is 0 Å². The summed E-state index contributed by atoms with van der Waals surface area (Å²) in [6, 6.07) is 0.191. The Morgan fingerprint density at radius 1 is 0.842 bits per heavy atom. The van der Waals surface area contributed by atoms with Gasteiger partial charge in [0.05, 0.1) is 0 Å². The zero-order valence-corrected chi connectivity index (χ0v) is 14.0. The lowest BCUT2D eigenvalue weighted by Crippen LogP contribution is -2.18. The molecule has 0 bridgehead atoms. The maximum atomic E-state index is 11.6. The molecule has 0 aromatic carbocycles. The zero-order chi connectivity index (χ0) is 14.3. The molecular formula is C16H35NOS. The normalized spacial score (nSPS) is 14.5. The van der Waals surface area contributed by atoms with Gasteiger partial charge in [0.15, 0.2) is 0 Å². The predicted molar refractivity (Wildman–Crippen MR) is 88.0 cm³/mol. The van der Waals surface area contributed by atoms with Crippen LogP contribution in [-0.2, 0) is 10.8 Å². The Kier molecular flexibility index (Phi) is 14.6. The second kappa shape index (κ2) is 14.5. The molecule has 2 nitrogen and oxygen atoms in total. The van der Waals surface area contributed by atoms with Crippen molar-refractivity contribution in [2.75, 3.05) is 11.5 Å². The first kappa shape index (κ1) is 19.1. The van der Waals surface area contributed by atoms with Crippen LogP contribution in [0.1, 0.15) is 84.5 Å². The van der Waals surface area contributed by atoms with Gasteiger partial charge in [-0.3, -0.25) is 4.21 Å². The van der Waals surface area contributed by atoms with Crippen molar-refractivity contribution in [2.24, 2.45) is 5.73 Å². The lowest BCUT2D eigenvalue weighted by Gasteiger charge is -2.05. The highest BCUT2D eigenvalue weighted by molar-refractivity contribution is 7.84. The van der Waals surface area contributed by atoms with E-state index in [1.807, 2.05) is 6.92 Å². The quantitative estimate of drug-likeness (QED) is 0.482. The molecule has 0 heterocycles. The number of nitrogens with two attached hydrogens (primary N) is 1. The summed E-state index contributed by atoms with van der Waals surface area (Å²) in [6.07, 6.45) is 14.3. The third-order valence-corrected chi connectivity index (χ3v) is 4.96. The van der Waals surface area contributed by atoms with E-state index < -0.39 is 10.8 Å². The van der Waals surface area contributed by atoms with Gasteiger partial charge in [0, 0.05) is 28.3 Å². The Labute approximate surface area is 123 Å². The first-order chi connectivity index (χ1) is 9.16. The minimum Gasteiger partial charge on any atom is -0.328 e. The molecule has 19 heavy (non-hydrogen) atoms. The van der Waals surface area contributed by atoms with Crippen molar-refractivity contribution < 1.29 is 4.21 Å². The van der Waals surface area contributed by atoms with Gasteiger partial charge in [0.2, 0.25) is 0 Å². The summed E-state index contributed by atoms with van der Waals surface area (Å²) >= 11 is 0. The van der Waals surface area contributed by atoms with E-state index >= 15 is 0 Å². The third kappa shape index (κ3) is 16.1. The highest BCUT2D eigenvalue weighted by Gasteiger charge is 2.02. The molecular weight excluding hydrogens is 254 g/mol. The second-order valence-corrected chi connectivity index (χ2v) is 7.49. The van der Waals surface area contributed by atoms with Crippen LogP contribution in [0.3, 0.4) is 0 Å². The van der Waals surface area contributed by atoms with Crippen molar-refractivity contribution >= 4 is 10.8 Å². The average Bonchev–Trinajstić information content (AvgIpc) is 2.38. The lowest BCUT2D eigenvalue weighted by molar-refractivity contribution is 0.562. The molecule has 0 saturated heterocycles. The SMILES string of the molecule is CCCCCCCCCCCCS(=O)CCC(C)N. The molecule has 116 valence electrons. The van der Waals surface area contributed by atoms with Gasteiger partial charge in [0.25, 0.3) is 0 Å². The largest absolute Gasteiger partial charge is 0.328 e. The third-order valence-electron chi connectivity index (χ3n) is 3.53. The van der Waals surface area contributed by atoms with Crippen LogP contribution < -0.4 is 5.73 Å². The summed E-state index contributed by atoms with van der Waals surface area (Å²) in [6.45, 7) is 4.25. The standard InChI is InChI=1S/C16H35NOS/c1-3-4-5-6-7-8-9-10-11-12-14-19(18)15-13-16(2)17/h16H,3-15,17H2,1-2H3. The molecule has 2 atom stereocenters. The lowest BCUT2D eigenvalue weighted by atomic mass is 10.1. The summed E-state index contributed by atoms with van der Waals surface area (Å²) < 4.78 is 11.6. The van der Waals surface area contributed by atoms with E-state index in [4.69, 9.17) is 5.73 Å². The van der Waals surface area contributed by atoms with E-state index in [0.717, 1.165) is 24.3 Å². The average molecular weight is 290 g/mol. The second-order valence-electron chi connectivity index (χ2n) is 5.80. The van der Waals surface area contributed by atoms with Crippen molar-refractivity contribution in [3.05, 3.63) is 0 Å². The van der Waals surface area contributed by atoms with Crippen LogP contribution in [0, 0.1) is 0 Å². The van der Waals surface area contributed by atoms with Crippen LogP contribution in [0.25, 0.3) is 0 Å². The van der Waals surface area contributed by atoms with Crippen LogP contribution in [0.15, 0.2) is 0 Å². The Balaban J connectivity index is 3.11. The number of hydrogen-bond donors (Lipinski definition) is 1. The van der Waals surface area contributed by atoms with Crippen LogP contribution in [-0.4, -0.2) is 21.8 Å². The monoisotopic (exact) mass is 289 g/mol. The number of hydrogen-bond acceptors (Lipinski definition) is 2. The molecule has 0 spiro atoms. The minimum atomic E-state index is -0.633. The molecule has 0 rings (SSSR count). The molecule has 2 unspecified atom stereocenters. The van der Waals surface area contributed by atoms with Crippen molar-refractivity contribution in [1.82, 2.24) is 0 Å². The molecule has 0 amide bonds. The van der Waals surface area contributed by atoms with E-state index in [2.05, 4.69) is 6.92 Å². The van der Waals surface area contributed by atoms with Crippen LogP contribution in [0.4, 0.5) is 0 Å². The Bertz CT molecular complexity index is 207. The first-order valence-corrected chi connectivity index (χ1v) is 9.76. The van der Waals surface area contributed by atoms with E-state index in [9.17, 15) is 4.21 Å². The van der Waals surface area contributed by atoms with E-state index in [1.165, 1.54) is 57.8 Å². The molecule has 0 aromatic heterocycles. The van der Waals surface area contributed by atoms with Crippen LogP contribution in [0.2, 0.25) is 0 Å². The molecule has 0 aliphatic carbocycles. The fourth-order valence-electron chi connectivity index (χ4n) is 2.17. The van der Waals surface area contributed by atoms with Gasteiger partial charge in [-0.1, -0.05) is 64.7 Å². The van der Waals surface area contributed by atoms with Crippen LogP contribution in [0.5, 0.6) is 0 Å². The highest BCUT2D eigenvalue weighted by Crippen LogP contribution is 2.10. The van der Waals surface area contributed by atoms with Crippen molar-refractivity contribution in [1.29, 1.82) is 0 Å². The molecule has 0 aliphatic heterocycles. The first-order valence-electron chi connectivity index (χ1n) is 8.27. The van der Waals surface area contributed by atoms with Gasteiger partial charge in [-0.05, 0) is 19.8 Å². The fraction of sp³-hybridized carbons (Fsp3) is 1.00. The predicted octanol–water partition coefficient (Wildman–Crippen LogP) is 4.39. The number of rotatable bonds is 14. The van der Waals surface area contributed by atoms with Gasteiger partial charge < -0.3 is 5.73 Å². The molecule has 0 aromatic rings. The summed E-state index contributed by atoms with van der Waals surface area (Å²) in [4.78, 5) is 0. The molecule has 0 saturated carbocycles. The maximum absolute atomic E-state index is 11.6. The summed E-state index contributed by atoms with van der Waals surface area (Å²) in [5.41, 5.74) is 5.66. The molecule has 0 fully saturated rings. The van der Waals surface area contributed by atoms with Gasteiger partial charge in [-0.25, -0.2) is 0 Å². The summed E-state index contributed by atoms with van der Waals surface area (Å²) in [5.74, 6) is 1.66. The Hall–Kier alpha value is 0.110. The maximum Gasteiger partial charge on any atom is 0.0249 e. The van der Waals surface area contributed by atoms with E-state index in [-0.39, 0.29) is 6.04 Å². The minimum absolute atomic E-state index is 0.191. The van der Waals surface area contributed by atoms with E-state index in [1.54, 1.807) is 0 Å². The smallest absolute Gasteiger partial charge is 0.0249 e. The molecule has 0 aliphatic rings. The van der Waals surface area contributed by atoms with Gasteiger partial charge >= 0.3 is 0 Å². The fourth-order valence-corrected chi connectivity index (χ4v) is 3.53. The molecule has 0 radical (unpaired) electrons. The zero-order valence-electron chi connectivity index (χ0n) is 13.2. The van der Waals surface area contributed by atoms with Gasteiger partial charge in [-0.2, -0.15) is 0 Å².